The highest BCUT2D eigenvalue weighted by molar-refractivity contribution is 7.99. The van der Waals surface area contributed by atoms with Gasteiger partial charge in [0.05, 0.1) is 0 Å². The van der Waals surface area contributed by atoms with Crippen LogP contribution in [0.1, 0.15) is 16.7 Å². The van der Waals surface area contributed by atoms with E-state index in [4.69, 9.17) is 5.73 Å². The van der Waals surface area contributed by atoms with Gasteiger partial charge in [-0.1, -0.05) is 18.2 Å². The van der Waals surface area contributed by atoms with Gasteiger partial charge in [0.25, 0.3) is 0 Å². The minimum Gasteiger partial charge on any atom is -0.330 e. The first-order valence-corrected chi connectivity index (χ1v) is 6.24. The van der Waals surface area contributed by atoms with Crippen LogP contribution in [0.4, 0.5) is 0 Å². The van der Waals surface area contributed by atoms with E-state index in [9.17, 15) is 0 Å². The van der Waals surface area contributed by atoms with Crippen molar-refractivity contribution in [3.8, 4) is 0 Å². The molecule has 0 spiro atoms. The van der Waals surface area contributed by atoms with Crippen molar-refractivity contribution < 1.29 is 0 Å². The van der Waals surface area contributed by atoms with Crippen LogP contribution in [-0.2, 0) is 6.42 Å². The summed E-state index contributed by atoms with van der Waals surface area (Å²) in [6.45, 7) is 5.17. The van der Waals surface area contributed by atoms with Gasteiger partial charge in [0, 0.05) is 12.3 Å². The van der Waals surface area contributed by atoms with Gasteiger partial charge in [-0.25, -0.2) is 0 Å². The van der Waals surface area contributed by atoms with Crippen LogP contribution in [0.5, 0.6) is 0 Å². The Balaban J connectivity index is 2.46. The second-order valence-electron chi connectivity index (χ2n) is 3.51. The van der Waals surface area contributed by atoms with Crippen molar-refractivity contribution in [1.29, 1.82) is 0 Å². The van der Waals surface area contributed by atoms with Crippen molar-refractivity contribution in [2.75, 3.05) is 18.1 Å². The molecule has 0 aliphatic rings. The summed E-state index contributed by atoms with van der Waals surface area (Å²) >= 11 is 1.94. The number of thioether (sulfide) groups is 1. The van der Waals surface area contributed by atoms with Crippen LogP contribution in [0.25, 0.3) is 0 Å². The van der Waals surface area contributed by atoms with Crippen LogP contribution >= 0.6 is 11.8 Å². The molecule has 0 amide bonds. The van der Waals surface area contributed by atoms with E-state index in [1.54, 1.807) is 0 Å². The highest BCUT2D eigenvalue weighted by atomic mass is 32.2. The molecular formula is C12H19NS. The van der Waals surface area contributed by atoms with E-state index in [0.29, 0.717) is 0 Å². The first kappa shape index (κ1) is 11.6. The molecule has 2 N–H and O–H groups in total. The minimum absolute atomic E-state index is 0.789. The van der Waals surface area contributed by atoms with E-state index >= 15 is 0 Å². The second-order valence-corrected chi connectivity index (χ2v) is 4.73. The van der Waals surface area contributed by atoms with Gasteiger partial charge in [-0.15, -0.1) is 0 Å². The van der Waals surface area contributed by atoms with Gasteiger partial charge in [0.15, 0.2) is 0 Å². The molecule has 0 saturated carbocycles. The van der Waals surface area contributed by atoms with Crippen LogP contribution in [0.2, 0.25) is 0 Å². The van der Waals surface area contributed by atoms with Gasteiger partial charge >= 0.3 is 0 Å². The monoisotopic (exact) mass is 209 g/mol. The molecule has 0 aliphatic heterocycles. The lowest BCUT2D eigenvalue weighted by Gasteiger charge is -2.07. The van der Waals surface area contributed by atoms with Gasteiger partial charge in [-0.05, 0) is 42.7 Å². The zero-order valence-corrected chi connectivity index (χ0v) is 9.86. The quantitative estimate of drug-likeness (QED) is 0.754. The summed E-state index contributed by atoms with van der Waals surface area (Å²) in [7, 11) is 0. The molecule has 0 unspecified atom stereocenters. The maximum Gasteiger partial charge on any atom is 0.00559 e. The molecule has 0 atom stereocenters. The van der Waals surface area contributed by atoms with E-state index in [1.807, 2.05) is 11.8 Å². The highest BCUT2D eigenvalue weighted by Crippen LogP contribution is 2.15. The Labute approximate surface area is 91.1 Å². The van der Waals surface area contributed by atoms with Crippen molar-refractivity contribution in [2.24, 2.45) is 5.73 Å². The summed E-state index contributed by atoms with van der Waals surface area (Å²) in [5.74, 6) is 2.26. The SMILES string of the molecule is Cc1cccc(CCSCCN)c1C. The lowest BCUT2D eigenvalue weighted by Crippen LogP contribution is -2.03. The normalized spacial score (nSPS) is 10.5. The van der Waals surface area contributed by atoms with E-state index in [1.165, 1.54) is 22.4 Å². The van der Waals surface area contributed by atoms with Crippen molar-refractivity contribution in [3.63, 3.8) is 0 Å². The van der Waals surface area contributed by atoms with Crippen LogP contribution < -0.4 is 5.73 Å². The standard InChI is InChI=1S/C12H19NS/c1-10-4-3-5-12(11(10)2)6-8-14-9-7-13/h3-5H,6-9,13H2,1-2H3. The van der Waals surface area contributed by atoms with E-state index in [0.717, 1.165) is 18.7 Å². The van der Waals surface area contributed by atoms with Crippen LogP contribution in [0.15, 0.2) is 18.2 Å². The predicted octanol–water partition coefficient (Wildman–Crippen LogP) is 2.54. The van der Waals surface area contributed by atoms with Crippen LogP contribution in [0, 0.1) is 13.8 Å². The number of hydrogen-bond acceptors (Lipinski definition) is 2. The summed E-state index contributed by atoms with van der Waals surface area (Å²) in [6.07, 6.45) is 1.16. The van der Waals surface area contributed by atoms with E-state index < -0.39 is 0 Å². The number of aryl methyl sites for hydroxylation is 2. The molecule has 0 aromatic heterocycles. The summed E-state index contributed by atoms with van der Waals surface area (Å²) in [5, 5.41) is 0. The molecule has 1 aromatic rings. The molecular weight excluding hydrogens is 190 g/mol. The Morgan fingerprint density at radius 1 is 1.21 bits per heavy atom. The molecule has 0 aliphatic carbocycles. The number of rotatable bonds is 5. The second kappa shape index (κ2) is 6.10. The lowest BCUT2D eigenvalue weighted by molar-refractivity contribution is 1.10. The van der Waals surface area contributed by atoms with Crippen LogP contribution in [-0.4, -0.2) is 18.1 Å². The van der Waals surface area contributed by atoms with Gasteiger partial charge in [0.2, 0.25) is 0 Å². The average molecular weight is 209 g/mol. The van der Waals surface area contributed by atoms with Crippen molar-refractivity contribution in [3.05, 3.63) is 34.9 Å². The molecule has 0 fully saturated rings. The van der Waals surface area contributed by atoms with Crippen molar-refractivity contribution >= 4 is 11.8 Å². The molecule has 2 heteroatoms. The zero-order valence-electron chi connectivity index (χ0n) is 9.05. The number of hydrogen-bond donors (Lipinski definition) is 1. The fourth-order valence-corrected chi connectivity index (χ4v) is 2.19. The largest absolute Gasteiger partial charge is 0.330 e. The third kappa shape index (κ3) is 3.35. The molecule has 1 aromatic carbocycles. The fraction of sp³-hybridized carbons (Fsp3) is 0.500. The Bertz CT molecular complexity index is 284. The Morgan fingerprint density at radius 3 is 2.71 bits per heavy atom. The average Bonchev–Trinajstić information content (AvgIpc) is 2.19. The first-order chi connectivity index (χ1) is 6.75. The summed E-state index contributed by atoms with van der Waals surface area (Å²) in [6, 6.07) is 6.54. The van der Waals surface area contributed by atoms with Gasteiger partial charge in [0.1, 0.15) is 0 Å². The van der Waals surface area contributed by atoms with Gasteiger partial charge < -0.3 is 5.73 Å². The third-order valence-electron chi connectivity index (χ3n) is 2.49. The molecule has 14 heavy (non-hydrogen) atoms. The molecule has 0 bridgehead atoms. The molecule has 0 heterocycles. The van der Waals surface area contributed by atoms with E-state index in [2.05, 4.69) is 32.0 Å². The van der Waals surface area contributed by atoms with Crippen LogP contribution in [0.3, 0.4) is 0 Å². The van der Waals surface area contributed by atoms with Gasteiger partial charge in [-0.3, -0.25) is 0 Å². The van der Waals surface area contributed by atoms with Crippen molar-refractivity contribution in [2.45, 2.75) is 20.3 Å². The first-order valence-electron chi connectivity index (χ1n) is 5.08. The number of benzene rings is 1. The summed E-state index contributed by atoms with van der Waals surface area (Å²) in [5.41, 5.74) is 9.76. The minimum atomic E-state index is 0.789. The highest BCUT2D eigenvalue weighted by Gasteiger charge is 1.99. The molecule has 0 radical (unpaired) electrons. The smallest absolute Gasteiger partial charge is 0.00559 e. The topological polar surface area (TPSA) is 26.0 Å². The lowest BCUT2D eigenvalue weighted by atomic mass is 10.0. The van der Waals surface area contributed by atoms with Gasteiger partial charge in [-0.2, -0.15) is 11.8 Å². The molecule has 1 nitrogen and oxygen atoms in total. The van der Waals surface area contributed by atoms with Crippen molar-refractivity contribution in [1.82, 2.24) is 0 Å². The Morgan fingerprint density at radius 2 is 2.00 bits per heavy atom. The Kier molecular flexibility index (Phi) is 5.05. The Hall–Kier alpha value is -0.470. The number of nitrogens with two attached hydrogens (primary N) is 1. The summed E-state index contributed by atoms with van der Waals surface area (Å²) in [4.78, 5) is 0. The maximum atomic E-state index is 5.44. The van der Waals surface area contributed by atoms with E-state index in [-0.39, 0.29) is 0 Å². The fourth-order valence-electron chi connectivity index (χ4n) is 1.45. The zero-order chi connectivity index (χ0) is 10.4. The summed E-state index contributed by atoms with van der Waals surface area (Å²) < 4.78 is 0. The maximum absolute atomic E-state index is 5.44. The third-order valence-corrected chi connectivity index (χ3v) is 3.51. The molecule has 0 saturated heterocycles. The molecule has 1 rings (SSSR count). The predicted molar refractivity (Wildman–Crippen MR) is 66.0 cm³/mol. The molecule has 78 valence electrons.